The number of epoxide rings is 2. The molecule has 2 rings (SSSR count). The second kappa shape index (κ2) is 10.1. The fourth-order valence-electron chi connectivity index (χ4n) is 2.18. The standard InChI is InChI=1S/C16H30O9/c17-5-15(6-18,7-19)9-23-12-16(8-20,10-21-1-13-3-24-13)11-22-2-14-4-25-14/h13-14,17-20H,1-12H2. The molecule has 2 fully saturated rings. The van der Waals surface area contributed by atoms with Crippen molar-refractivity contribution in [3.8, 4) is 0 Å². The first-order valence-corrected chi connectivity index (χ1v) is 8.51. The zero-order valence-corrected chi connectivity index (χ0v) is 14.5. The third-order valence-corrected chi connectivity index (χ3v) is 4.39. The molecular formula is C16H30O9. The summed E-state index contributed by atoms with van der Waals surface area (Å²) in [5.41, 5.74) is -1.90. The first kappa shape index (κ1) is 20.9. The molecule has 9 nitrogen and oxygen atoms in total. The van der Waals surface area contributed by atoms with Crippen molar-refractivity contribution < 1.29 is 44.1 Å². The SMILES string of the molecule is OCC(CO)(CO)COCC(CO)(COCC1CO1)COCC1CO1. The van der Waals surface area contributed by atoms with E-state index in [1.54, 1.807) is 0 Å². The number of ether oxygens (including phenoxy) is 5. The Morgan fingerprint density at radius 2 is 1.00 bits per heavy atom. The van der Waals surface area contributed by atoms with Crippen molar-refractivity contribution in [2.75, 3.05) is 79.3 Å². The van der Waals surface area contributed by atoms with Crippen LogP contribution in [0.25, 0.3) is 0 Å². The Bertz CT molecular complexity index is 340. The highest BCUT2D eigenvalue weighted by molar-refractivity contribution is 4.82. The van der Waals surface area contributed by atoms with E-state index in [-0.39, 0.29) is 45.2 Å². The Hall–Kier alpha value is -0.360. The van der Waals surface area contributed by atoms with Crippen LogP contribution in [0.2, 0.25) is 0 Å². The van der Waals surface area contributed by atoms with E-state index >= 15 is 0 Å². The van der Waals surface area contributed by atoms with E-state index in [0.717, 1.165) is 0 Å². The van der Waals surface area contributed by atoms with Crippen LogP contribution >= 0.6 is 0 Å². The molecule has 0 aliphatic carbocycles. The maximum absolute atomic E-state index is 9.89. The van der Waals surface area contributed by atoms with Crippen molar-refractivity contribution in [3.63, 3.8) is 0 Å². The quantitative estimate of drug-likeness (QED) is 0.224. The van der Waals surface area contributed by atoms with Gasteiger partial charge in [-0.05, 0) is 0 Å². The van der Waals surface area contributed by atoms with Crippen LogP contribution < -0.4 is 0 Å². The van der Waals surface area contributed by atoms with Crippen molar-refractivity contribution in [2.45, 2.75) is 12.2 Å². The van der Waals surface area contributed by atoms with E-state index in [9.17, 15) is 20.4 Å². The van der Waals surface area contributed by atoms with Crippen LogP contribution in [0, 0.1) is 10.8 Å². The summed E-state index contributed by atoms with van der Waals surface area (Å²) >= 11 is 0. The van der Waals surface area contributed by atoms with Gasteiger partial charge in [0.15, 0.2) is 0 Å². The molecule has 148 valence electrons. The summed E-state index contributed by atoms with van der Waals surface area (Å²) in [7, 11) is 0. The minimum atomic E-state index is -1.12. The minimum absolute atomic E-state index is 0.0459. The summed E-state index contributed by atoms with van der Waals surface area (Å²) < 4.78 is 27.1. The van der Waals surface area contributed by atoms with Gasteiger partial charge in [0.25, 0.3) is 0 Å². The third kappa shape index (κ3) is 7.05. The maximum atomic E-state index is 9.89. The molecular weight excluding hydrogens is 336 g/mol. The Kier molecular flexibility index (Phi) is 8.46. The highest BCUT2D eigenvalue weighted by Crippen LogP contribution is 2.23. The van der Waals surface area contributed by atoms with Crippen molar-refractivity contribution >= 4 is 0 Å². The molecule has 25 heavy (non-hydrogen) atoms. The Balaban J connectivity index is 1.82. The summed E-state index contributed by atoms with van der Waals surface area (Å²) in [5.74, 6) is 0. The average molecular weight is 366 g/mol. The number of hydrogen-bond acceptors (Lipinski definition) is 9. The average Bonchev–Trinajstić information content (AvgIpc) is 3.54. The van der Waals surface area contributed by atoms with Gasteiger partial charge in [-0.25, -0.2) is 0 Å². The topological polar surface area (TPSA) is 134 Å². The van der Waals surface area contributed by atoms with Gasteiger partial charge in [-0.2, -0.15) is 0 Å². The number of hydrogen-bond donors (Lipinski definition) is 4. The summed E-state index contributed by atoms with van der Waals surface area (Å²) in [6.07, 6.45) is 0.229. The number of rotatable bonds is 16. The van der Waals surface area contributed by atoms with Crippen molar-refractivity contribution in [1.82, 2.24) is 0 Å². The van der Waals surface area contributed by atoms with Crippen LogP contribution in [-0.4, -0.2) is 112 Å². The molecule has 2 aliphatic heterocycles. The van der Waals surface area contributed by atoms with Gasteiger partial charge in [-0.15, -0.1) is 0 Å². The molecule has 0 aromatic heterocycles. The Morgan fingerprint density at radius 3 is 1.36 bits per heavy atom. The van der Waals surface area contributed by atoms with Gasteiger partial charge >= 0.3 is 0 Å². The summed E-state index contributed by atoms with van der Waals surface area (Å²) in [4.78, 5) is 0. The molecule has 0 bridgehead atoms. The Morgan fingerprint density at radius 1 is 0.640 bits per heavy atom. The van der Waals surface area contributed by atoms with Crippen molar-refractivity contribution in [1.29, 1.82) is 0 Å². The van der Waals surface area contributed by atoms with Crippen molar-refractivity contribution in [2.24, 2.45) is 10.8 Å². The van der Waals surface area contributed by atoms with Crippen LogP contribution in [0.1, 0.15) is 0 Å². The van der Waals surface area contributed by atoms with Gasteiger partial charge in [0.1, 0.15) is 12.2 Å². The lowest BCUT2D eigenvalue weighted by Crippen LogP contribution is -2.44. The van der Waals surface area contributed by atoms with Crippen LogP contribution in [-0.2, 0) is 23.7 Å². The summed E-state index contributed by atoms with van der Waals surface area (Å²) in [6, 6.07) is 0. The lowest BCUT2D eigenvalue weighted by Gasteiger charge is -2.33. The highest BCUT2D eigenvalue weighted by Gasteiger charge is 2.36. The monoisotopic (exact) mass is 366 g/mol. The second-order valence-electron chi connectivity index (χ2n) is 7.07. The molecule has 0 spiro atoms. The second-order valence-corrected chi connectivity index (χ2v) is 7.07. The predicted octanol–water partition coefficient (Wildman–Crippen LogP) is -2.22. The van der Waals surface area contributed by atoms with E-state index in [4.69, 9.17) is 23.7 Å². The van der Waals surface area contributed by atoms with Gasteiger partial charge in [0, 0.05) is 0 Å². The van der Waals surface area contributed by atoms with Gasteiger partial charge in [-0.1, -0.05) is 0 Å². The van der Waals surface area contributed by atoms with Gasteiger partial charge in [-0.3, -0.25) is 0 Å². The first-order chi connectivity index (χ1) is 12.1. The number of aliphatic hydroxyl groups is 4. The van der Waals surface area contributed by atoms with Crippen LogP contribution in [0.4, 0.5) is 0 Å². The molecule has 0 aromatic rings. The molecule has 0 amide bonds. The molecule has 2 atom stereocenters. The first-order valence-electron chi connectivity index (χ1n) is 8.51. The maximum Gasteiger partial charge on any atom is 0.104 e. The molecule has 0 aromatic carbocycles. The van der Waals surface area contributed by atoms with Gasteiger partial charge < -0.3 is 44.1 Å². The summed E-state index contributed by atoms with van der Waals surface area (Å²) in [6.45, 7) is 1.33. The highest BCUT2D eigenvalue weighted by atomic mass is 16.6. The van der Waals surface area contributed by atoms with E-state index in [1.807, 2.05) is 0 Å². The van der Waals surface area contributed by atoms with Crippen LogP contribution in [0.3, 0.4) is 0 Å². The molecule has 2 aliphatic rings. The lowest BCUT2D eigenvalue weighted by molar-refractivity contribution is -0.121. The zero-order valence-electron chi connectivity index (χ0n) is 14.5. The predicted molar refractivity (Wildman–Crippen MR) is 85.1 cm³/mol. The van der Waals surface area contributed by atoms with E-state index < -0.39 is 30.7 Å². The molecule has 0 saturated carbocycles. The molecule has 4 N–H and O–H groups in total. The normalized spacial score (nSPS) is 25.0. The largest absolute Gasteiger partial charge is 0.396 e. The molecule has 2 saturated heterocycles. The van der Waals surface area contributed by atoms with Crippen LogP contribution in [0.5, 0.6) is 0 Å². The number of aliphatic hydroxyl groups excluding tert-OH is 4. The summed E-state index contributed by atoms with van der Waals surface area (Å²) in [5, 5.41) is 38.0. The molecule has 2 heterocycles. The molecule has 2 unspecified atom stereocenters. The third-order valence-electron chi connectivity index (χ3n) is 4.39. The smallest absolute Gasteiger partial charge is 0.104 e. The van der Waals surface area contributed by atoms with E-state index in [2.05, 4.69) is 0 Å². The lowest BCUT2D eigenvalue weighted by atomic mass is 9.90. The fourth-order valence-corrected chi connectivity index (χ4v) is 2.18. The van der Waals surface area contributed by atoms with E-state index in [0.29, 0.717) is 26.4 Å². The molecule has 0 radical (unpaired) electrons. The van der Waals surface area contributed by atoms with Crippen molar-refractivity contribution in [3.05, 3.63) is 0 Å². The molecule has 9 heteroatoms. The Labute approximate surface area is 147 Å². The fraction of sp³-hybridized carbons (Fsp3) is 1.00. The van der Waals surface area contributed by atoms with Gasteiger partial charge in [0.05, 0.1) is 90.1 Å². The van der Waals surface area contributed by atoms with E-state index in [1.165, 1.54) is 0 Å². The van der Waals surface area contributed by atoms with Crippen LogP contribution in [0.15, 0.2) is 0 Å². The minimum Gasteiger partial charge on any atom is -0.396 e. The van der Waals surface area contributed by atoms with Gasteiger partial charge in [0.2, 0.25) is 0 Å². The zero-order chi connectivity index (χ0) is 18.2.